The summed E-state index contributed by atoms with van der Waals surface area (Å²) in [6.45, 7) is 2.75. The van der Waals surface area contributed by atoms with E-state index in [1.807, 2.05) is 29.2 Å². The number of amides is 3. The first-order valence-corrected chi connectivity index (χ1v) is 10.8. The highest BCUT2D eigenvalue weighted by Gasteiger charge is 2.31. The van der Waals surface area contributed by atoms with Gasteiger partial charge in [-0.3, -0.25) is 19.4 Å². The van der Waals surface area contributed by atoms with Crippen LogP contribution < -0.4 is 0 Å². The third-order valence-corrected chi connectivity index (χ3v) is 6.02. The van der Waals surface area contributed by atoms with E-state index in [9.17, 15) is 14.4 Å². The van der Waals surface area contributed by atoms with Crippen LogP contribution in [0.25, 0.3) is 10.8 Å². The zero-order chi connectivity index (χ0) is 21.8. The predicted molar refractivity (Wildman–Crippen MR) is 115 cm³/mol. The van der Waals surface area contributed by atoms with Crippen LogP contribution in [0, 0.1) is 0 Å². The molecule has 0 radical (unpaired) electrons. The summed E-state index contributed by atoms with van der Waals surface area (Å²) in [6.07, 6.45) is 3.65. The van der Waals surface area contributed by atoms with Gasteiger partial charge in [0.05, 0.1) is 6.10 Å². The minimum Gasteiger partial charge on any atom is -0.378 e. The molecule has 2 fully saturated rings. The maximum Gasteiger partial charge on any atom is 0.273 e. The Morgan fingerprint density at radius 3 is 2.61 bits per heavy atom. The van der Waals surface area contributed by atoms with Crippen LogP contribution in [-0.4, -0.2) is 89.9 Å². The second kappa shape index (κ2) is 9.43. The van der Waals surface area contributed by atoms with Gasteiger partial charge in [0.15, 0.2) is 0 Å². The van der Waals surface area contributed by atoms with Crippen LogP contribution in [0.5, 0.6) is 0 Å². The number of rotatable bonds is 6. The van der Waals surface area contributed by atoms with Gasteiger partial charge in [-0.25, -0.2) is 0 Å². The van der Waals surface area contributed by atoms with E-state index in [1.165, 1.54) is 4.90 Å². The van der Waals surface area contributed by atoms with E-state index in [0.29, 0.717) is 44.7 Å². The van der Waals surface area contributed by atoms with Crippen molar-refractivity contribution >= 4 is 28.5 Å². The summed E-state index contributed by atoms with van der Waals surface area (Å²) in [6, 6.07) is 9.49. The Hall–Kier alpha value is -3.00. The summed E-state index contributed by atoms with van der Waals surface area (Å²) in [4.78, 5) is 47.3. The van der Waals surface area contributed by atoms with Gasteiger partial charge in [0.2, 0.25) is 11.8 Å². The van der Waals surface area contributed by atoms with E-state index >= 15 is 0 Å². The van der Waals surface area contributed by atoms with Crippen molar-refractivity contribution in [2.24, 2.45) is 0 Å². The molecule has 2 aromatic rings. The Bertz CT molecular complexity index is 979. The molecule has 31 heavy (non-hydrogen) atoms. The normalized spacial score (nSPS) is 19.9. The van der Waals surface area contributed by atoms with Crippen molar-refractivity contribution < 1.29 is 19.1 Å². The van der Waals surface area contributed by atoms with Crippen molar-refractivity contribution in [2.75, 3.05) is 46.4 Å². The zero-order valence-electron chi connectivity index (χ0n) is 17.8. The molecule has 1 aromatic heterocycles. The second-order valence-corrected chi connectivity index (χ2v) is 8.14. The highest BCUT2D eigenvalue weighted by Crippen LogP contribution is 2.17. The Morgan fingerprint density at radius 2 is 1.87 bits per heavy atom. The number of nitrogens with zero attached hydrogens (tertiary/aromatic N) is 4. The van der Waals surface area contributed by atoms with Crippen molar-refractivity contribution in [3.63, 3.8) is 0 Å². The van der Waals surface area contributed by atoms with Gasteiger partial charge in [-0.1, -0.05) is 24.3 Å². The number of hydrogen-bond donors (Lipinski definition) is 0. The van der Waals surface area contributed by atoms with Crippen LogP contribution in [0.4, 0.5) is 0 Å². The molecule has 0 saturated carbocycles. The molecule has 8 heteroatoms. The van der Waals surface area contributed by atoms with Crippen molar-refractivity contribution in [3.05, 3.63) is 42.2 Å². The first kappa shape index (κ1) is 21.2. The fourth-order valence-electron chi connectivity index (χ4n) is 4.25. The molecule has 2 aliphatic heterocycles. The molecule has 0 bridgehead atoms. The van der Waals surface area contributed by atoms with E-state index in [-0.39, 0.29) is 30.4 Å². The van der Waals surface area contributed by atoms with Crippen LogP contribution in [0.3, 0.4) is 0 Å². The number of ether oxygens (including phenoxy) is 1. The lowest BCUT2D eigenvalue weighted by Gasteiger charge is -2.24. The summed E-state index contributed by atoms with van der Waals surface area (Å²) in [5, 5.41) is 1.90. The van der Waals surface area contributed by atoms with Crippen molar-refractivity contribution in [2.45, 2.75) is 25.4 Å². The minimum atomic E-state index is -0.274. The topological polar surface area (TPSA) is 83.0 Å². The van der Waals surface area contributed by atoms with E-state index in [2.05, 4.69) is 4.98 Å². The van der Waals surface area contributed by atoms with Crippen molar-refractivity contribution in [3.8, 4) is 0 Å². The molecule has 4 rings (SSSR count). The number of benzene rings is 1. The second-order valence-electron chi connectivity index (χ2n) is 8.14. The van der Waals surface area contributed by atoms with Gasteiger partial charge in [0.1, 0.15) is 12.2 Å². The average Bonchev–Trinajstić information content (AvgIpc) is 3.12. The molecule has 2 saturated heterocycles. The third kappa shape index (κ3) is 4.85. The fraction of sp³-hybridized carbons (Fsp3) is 0.478. The number of methoxy groups -OCH3 is 1. The maximum atomic E-state index is 13.1. The Kier molecular flexibility index (Phi) is 6.46. The molecular formula is C23H28N4O4. The minimum absolute atomic E-state index is 0.00412. The van der Waals surface area contributed by atoms with E-state index in [0.717, 1.165) is 23.7 Å². The summed E-state index contributed by atoms with van der Waals surface area (Å²) < 4.78 is 5.56. The molecule has 1 atom stereocenters. The molecule has 3 heterocycles. The van der Waals surface area contributed by atoms with Gasteiger partial charge in [-0.15, -0.1) is 0 Å². The third-order valence-electron chi connectivity index (χ3n) is 6.02. The summed E-state index contributed by atoms with van der Waals surface area (Å²) in [5.74, 6) is -0.191. The summed E-state index contributed by atoms with van der Waals surface area (Å²) in [5.41, 5.74) is 0.322. The first-order valence-electron chi connectivity index (χ1n) is 10.8. The molecule has 0 unspecified atom stereocenters. The molecule has 164 valence electrons. The number of likely N-dealkylation sites (tertiary alicyclic amines) is 1. The zero-order valence-corrected chi connectivity index (χ0v) is 17.8. The molecule has 8 nitrogen and oxygen atoms in total. The number of aromatic nitrogens is 1. The lowest BCUT2D eigenvalue weighted by atomic mass is 10.1. The number of hydrogen-bond acceptors (Lipinski definition) is 5. The molecule has 0 spiro atoms. The van der Waals surface area contributed by atoms with E-state index in [4.69, 9.17) is 4.74 Å². The SMILES string of the molecule is CO[C@H]1CN(CCCN2CCCC2=O)C(=O)CN(C(=O)c2cc3ccccc3cn2)C1. The first-order chi connectivity index (χ1) is 15.0. The largest absolute Gasteiger partial charge is 0.378 e. The van der Waals surface area contributed by atoms with Gasteiger partial charge in [-0.2, -0.15) is 0 Å². The molecule has 2 aliphatic rings. The highest BCUT2D eigenvalue weighted by atomic mass is 16.5. The Balaban J connectivity index is 1.42. The lowest BCUT2D eigenvalue weighted by Crippen LogP contribution is -2.40. The van der Waals surface area contributed by atoms with Crippen molar-refractivity contribution in [1.29, 1.82) is 0 Å². The van der Waals surface area contributed by atoms with Gasteiger partial charge in [-0.05, 0) is 24.3 Å². The summed E-state index contributed by atoms with van der Waals surface area (Å²) in [7, 11) is 1.60. The Labute approximate surface area is 181 Å². The van der Waals surface area contributed by atoms with Crippen LogP contribution in [-0.2, 0) is 14.3 Å². The Morgan fingerprint density at radius 1 is 1.10 bits per heavy atom. The van der Waals surface area contributed by atoms with Gasteiger partial charge >= 0.3 is 0 Å². The van der Waals surface area contributed by atoms with E-state index < -0.39 is 0 Å². The maximum absolute atomic E-state index is 13.1. The molecule has 3 amide bonds. The van der Waals surface area contributed by atoms with E-state index in [1.54, 1.807) is 24.3 Å². The van der Waals surface area contributed by atoms with Gasteiger partial charge < -0.3 is 19.4 Å². The van der Waals surface area contributed by atoms with Crippen LogP contribution in [0.15, 0.2) is 36.5 Å². The smallest absolute Gasteiger partial charge is 0.273 e. The number of carbonyl (C=O) groups is 3. The number of carbonyl (C=O) groups excluding carboxylic acids is 3. The average molecular weight is 425 g/mol. The quantitative estimate of drug-likeness (QED) is 0.703. The van der Waals surface area contributed by atoms with Crippen molar-refractivity contribution in [1.82, 2.24) is 19.7 Å². The molecule has 0 aliphatic carbocycles. The van der Waals surface area contributed by atoms with Crippen LogP contribution >= 0.6 is 0 Å². The monoisotopic (exact) mass is 424 g/mol. The van der Waals surface area contributed by atoms with Crippen LogP contribution in [0.2, 0.25) is 0 Å². The predicted octanol–water partition coefficient (Wildman–Crippen LogP) is 1.55. The lowest BCUT2D eigenvalue weighted by molar-refractivity contribution is -0.131. The molecule has 1 aromatic carbocycles. The highest BCUT2D eigenvalue weighted by molar-refractivity contribution is 5.98. The van der Waals surface area contributed by atoms with Gasteiger partial charge in [0, 0.05) is 57.8 Å². The standard InChI is InChI=1S/C23H28N4O4/c1-31-19-14-26(11-5-10-25-9-4-8-21(25)28)22(29)16-27(15-19)23(30)20-12-17-6-2-3-7-18(17)13-24-20/h2-3,6-7,12-13,19H,4-5,8-11,14-16H2,1H3/t19-/m0/s1. The van der Waals surface area contributed by atoms with Gasteiger partial charge in [0.25, 0.3) is 5.91 Å². The molecule has 0 N–H and O–H groups in total. The summed E-state index contributed by atoms with van der Waals surface area (Å²) >= 11 is 0. The molecular weight excluding hydrogens is 396 g/mol. The number of pyridine rings is 1. The number of fused-ring (bicyclic) bond motifs is 1. The fourth-order valence-corrected chi connectivity index (χ4v) is 4.25. The van der Waals surface area contributed by atoms with Crippen LogP contribution in [0.1, 0.15) is 29.8 Å².